The molecular weight excluding hydrogens is 400 g/mol. The Hall–Kier alpha value is -3.60. The van der Waals surface area contributed by atoms with Gasteiger partial charge in [-0.1, -0.05) is 78.9 Å². The van der Waals surface area contributed by atoms with E-state index in [1.54, 1.807) is 4.90 Å². The third-order valence-corrected chi connectivity index (χ3v) is 5.78. The van der Waals surface area contributed by atoms with E-state index >= 15 is 0 Å². The number of ether oxygens (including phenoxy) is 1. The number of nitrogens with zero attached hydrogens (tertiary/aromatic N) is 2. The highest BCUT2D eigenvalue weighted by molar-refractivity contribution is 5.87. The number of para-hydroxylation sites is 1. The predicted octanol–water partition coefficient (Wildman–Crippen LogP) is 3.96. The highest BCUT2D eigenvalue weighted by Gasteiger charge is 2.29. The minimum absolute atomic E-state index is 0.00855. The average Bonchev–Trinajstić information content (AvgIpc) is 3.11. The van der Waals surface area contributed by atoms with Gasteiger partial charge in [-0.3, -0.25) is 9.59 Å². The third-order valence-electron chi connectivity index (χ3n) is 5.78. The maximum absolute atomic E-state index is 13.6. The van der Waals surface area contributed by atoms with Crippen LogP contribution < -0.4 is 4.74 Å². The molecule has 3 aromatic carbocycles. The number of amides is 2. The lowest BCUT2D eigenvalue weighted by Crippen LogP contribution is -2.40. The van der Waals surface area contributed by atoms with E-state index in [1.165, 1.54) is 0 Å². The van der Waals surface area contributed by atoms with Crippen molar-refractivity contribution in [3.8, 4) is 5.75 Å². The van der Waals surface area contributed by atoms with Gasteiger partial charge in [-0.15, -0.1) is 0 Å². The Morgan fingerprint density at radius 2 is 1.19 bits per heavy atom. The van der Waals surface area contributed by atoms with Crippen molar-refractivity contribution >= 4 is 11.8 Å². The highest BCUT2D eigenvalue weighted by Crippen LogP contribution is 2.27. The zero-order valence-corrected chi connectivity index (χ0v) is 18.1. The van der Waals surface area contributed by atoms with Crippen molar-refractivity contribution in [2.45, 2.75) is 12.3 Å². The maximum Gasteiger partial charge on any atom is 0.260 e. The lowest BCUT2D eigenvalue weighted by molar-refractivity contribution is -0.135. The van der Waals surface area contributed by atoms with Gasteiger partial charge < -0.3 is 14.5 Å². The van der Waals surface area contributed by atoms with Gasteiger partial charge in [0.15, 0.2) is 6.61 Å². The normalized spacial score (nSPS) is 14.2. The number of carbonyl (C=O) groups is 2. The van der Waals surface area contributed by atoms with Crippen LogP contribution in [0.3, 0.4) is 0 Å². The minimum atomic E-state index is -0.346. The van der Waals surface area contributed by atoms with E-state index in [1.807, 2.05) is 95.9 Å². The fraction of sp³-hybridized carbons (Fsp3) is 0.259. The van der Waals surface area contributed by atoms with Crippen LogP contribution in [0.2, 0.25) is 0 Å². The van der Waals surface area contributed by atoms with Gasteiger partial charge in [0.2, 0.25) is 5.91 Å². The van der Waals surface area contributed by atoms with Crippen LogP contribution in [0, 0.1) is 0 Å². The molecule has 1 aliphatic heterocycles. The molecule has 0 radical (unpaired) electrons. The zero-order chi connectivity index (χ0) is 22.2. The number of hydrogen-bond acceptors (Lipinski definition) is 3. The molecule has 0 bridgehead atoms. The molecule has 0 atom stereocenters. The summed E-state index contributed by atoms with van der Waals surface area (Å²) in [6, 6.07) is 29.1. The maximum atomic E-state index is 13.6. The lowest BCUT2D eigenvalue weighted by Gasteiger charge is -2.27. The van der Waals surface area contributed by atoms with Crippen molar-refractivity contribution in [2.24, 2.45) is 0 Å². The van der Waals surface area contributed by atoms with Crippen LogP contribution in [0.15, 0.2) is 91.0 Å². The second-order valence-corrected chi connectivity index (χ2v) is 7.92. The highest BCUT2D eigenvalue weighted by atomic mass is 16.5. The van der Waals surface area contributed by atoms with Crippen LogP contribution in [0.1, 0.15) is 23.5 Å². The summed E-state index contributed by atoms with van der Waals surface area (Å²) in [6.07, 6.45) is 0.749. The molecule has 1 heterocycles. The monoisotopic (exact) mass is 428 g/mol. The van der Waals surface area contributed by atoms with Crippen LogP contribution in [0.25, 0.3) is 0 Å². The van der Waals surface area contributed by atoms with Gasteiger partial charge in [0.25, 0.3) is 5.91 Å². The topological polar surface area (TPSA) is 49.9 Å². The Labute approximate surface area is 189 Å². The Morgan fingerprint density at radius 3 is 1.78 bits per heavy atom. The Balaban J connectivity index is 1.42. The average molecular weight is 429 g/mol. The molecule has 0 unspecified atom stereocenters. The molecule has 0 aliphatic carbocycles. The van der Waals surface area contributed by atoms with E-state index in [0.29, 0.717) is 31.9 Å². The van der Waals surface area contributed by atoms with Crippen LogP contribution in [0.4, 0.5) is 0 Å². The Morgan fingerprint density at radius 1 is 0.688 bits per heavy atom. The van der Waals surface area contributed by atoms with Crippen molar-refractivity contribution in [1.82, 2.24) is 9.80 Å². The third kappa shape index (κ3) is 5.35. The molecule has 1 aliphatic rings. The van der Waals surface area contributed by atoms with Crippen LogP contribution >= 0.6 is 0 Å². The van der Waals surface area contributed by atoms with Crippen molar-refractivity contribution < 1.29 is 14.3 Å². The lowest BCUT2D eigenvalue weighted by atomic mass is 9.90. The molecule has 1 fully saturated rings. The molecule has 1 saturated heterocycles. The minimum Gasteiger partial charge on any atom is -0.484 e. The van der Waals surface area contributed by atoms with Crippen LogP contribution in [-0.4, -0.2) is 54.4 Å². The van der Waals surface area contributed by atoms with E-state index in [0.717, 1.165) is 17.5 Å². The molecular formula is C27H28N2O3. The second kappa shape index (κ2) is 10.6. The van der Waals surface area contributed by atoms with E-state index in [4.69, 9.17) is 4.74 Å². The summed E-state index contributed by atoms with van der Waals surface area (Å²) >= 11 is 0. The largest absolute Gasteiger partial charge is 0.484 e. The quantitative estimate of drug-likeness (QED) is 0.597. The molecule has 4 rings (SSSR count). The second-order valence-electron chi connectivity index (χ2n) is 7.92. The molecule has 3 aromatic rings. The number of rotatable bonds is 6. The van der Waals surface area contributed by atoms with Crippen LogP contribution in [-0.2, 0) is 9.59 Å². The fourth-order valence-corrected chi connectivity index (χ4v) is 4.09. The summed E-state index contributed by atoms with van der Waals surface area (Å²) in [5, 5.41) is 0. The van der Waals surface area contributed by atoms with E-state index in [-0.39, 0.29) is 24.3 Å². The molecule has 0 spiro atoms. The first kappa shape index (κ1) is 21.6. The van der Waals surface area contributed by atoms with Gasteiger partial charge in [0.1, 0.15) is 5.75 Å². The predicted molar refractivity (Wildman–Crippen MR) is 124 cm³/mol. The summed E-state index contributed by atoms with van der Waals surface area (Å²) < 4.78 is 5.62. The molecule has 164 valence electrons. The molecule has 0 N–H and O–H groups in total. The molecule has 0 aromatic heterocycles. The van der Waals surface area contributed by atoms with Gasteiger partial charge in [0.05, 0.1) is 5.92 Å². The summed E-state index contributed by atoms with van der Waals surface area (Å²) in [5.74, 6) is 0.366. The van der Waals surface area contributed by atoms with Gasteiger partial charge in [-0.25, -0.2) is 0 Å². The van der Waals surface area contributed by atoms with Gasteiger partial charge in [-0.2, -0.15) is 0 Å². The molecule has 2 amide bonds. The van der Waals surface area contributed by atoms with Crippen molar-refractivity contribution in [3.05, 3.63) is 102 Å². The van der Waals surface area contributed by atoms with Gasteiger partial charge >= 0.3 is 0 Å². The van der Waals surface area contributed by atoms with Crippen molar-refractivity contribution in [3.63, 3.8) is 0 Å². The number of hydrogen-bond donors (Lipinski definition) is 0. The first-order valence-corrected chi connectivity index (χ1v) is 11.1. The van der Waals surface area contributed by atoms with Crippen LogP contribution in [0.5, 0.6) is 5.75 Å². The Bertz CT molecular complexity index is 969. The summed E-state index contributed by atoms with van der Waals surface area (Å²) in [4.78, 5) is 30.0. The van der Waals surface area contributed by atoms with Gasteiger partial charge in [0, 0.05) is 26.2 Å². The molecule has 32 heavy (non-hydrogen) atoms. The smallest absolute Gasteiger partial charge is 0.260 e. The SMILES string of the molecule is O=C(COc1ccccc1)N1CCCN(C(=O)C(c2ccccc2)c2ccccc2)CC1. The fourth-order valence-electron chi connectivity index (χ4n) is 4.09. The van der Waals surface area contributed by atoms with Crippen molar-refractivity contribution in [2.75, 3.05) is 32.8 Å². The van der Waals surface area contributed by atoms with E-state index in [2.05, 4.69) is 0 Å². The molecule has 0 saturated carbocycles. The zero-order valence-electron chi connectivity index (χ0n) is 18.1. The summed E-state index contributed by atoms with van der Waals surface area (Å²) in [7, 11) is 0. The summed E-state index contributed by atoms with van der Waals surface area (Å²) in [6.45, 7) is 2.31. The molecule has 5 heteroatoms. The standard InChI is InChI=1S/C27H28N2O3/c30-25(21-32-24-15-8-3-9-16-24)28-17-10-18-29(20-19-28)27(31)26(22-11-4-1-5-12-22)23-13-6-2-7-14-23/h1-9,11-16,26H,10,17-21H2. The Kier molecular flexibility index (Phi) is 7.18. The number of benzene rings is 3. The first-order chi connectivity index (χ1) is 15.7. The number of carbonyl (C=O) groups excluding carboxylic acids is 2. The van der Waals surface area contributed by atoms with Crippen molar-refractivity contribution in [1.29, 1.82) is 0 Å². The summed E-state index contributed by atoms with van der Waals surface area (Å²) in [5.41, 5.74) is 1.97. The first-order valence-electron chi connectivity index (χ1n) is 11.1. The van der Waals surface area contributed by atoms with Gasteiger partial charge in [-0.05, 0) is 29.7 Å². The van der Waals surface area contributed by atoms with E-state index in [9.17, 15) is 9.59 Å². The molecule has 5 nitrogen and oxygen atoms in total. The van der Waals surface area contributed by atoms with E-state index < -0.39 is 0 Å².